The van der Waals surface area contributed by atoms with Crippen molar-refractivity contribution in [2.75, 3.05) is 6.61 Å². The number of alkyl halides is 2. The molecule has 3 aromatic carbocycles. The van der Waals surface area contributed by atoms with E-state index >= 15 is 0 Å². The third kappa shape index (κ3) is 5.95. The van der Waals surface area contributed by atoms with Gasteiger partial charge in [0, 0.05) is 6.61 Å². The van der Waals surface area contributed by atoms with E-state index in [4.69, 9.17) is 4.74 Å². The van der Waals surface area contributed by atoms with Crippen molar-refractivity contribution in [1.29, 1.82) is 0 Å². The molecule has 3 aromatic rings. The second kappa shape index (κ2) is 12.2. The van der Waals surface area contributed by atoms with Gasteiger partial charge in [0.05, 0.1) is 6.10 Å². The fourth-order valence-corrected chi connectivity index (χ4v) is 6.73. The van der Waals surface area contributed by atoms with Crippen LogP contribution in [0.1, 0.15) is 25.3 Å². The summed E-state index contributed by atoms with van der Waals surface area (Å²) < 4.78 is 34.5. The van der Waals surface area contributed by atoms with Crippen molar-refractivity contribution in [2.45, 2.75) is 44.6 Å². The maximum Gasteiger partial charge on any atom is 0.157 e. The first kappa shape index (κ1) is 25.3. The largest absolute Gasteiger partial charge is 0.375 e. The topological polar surface area (TPSA) is 9.23 Å². The Balaban J connectivity index is 0.00000289. The summed E-state index contributed by atoms with van der Waals surface area (Å²) in [6.07, 6.45) is -1.77. The van der Waals surface area contributed by atoms with Crippen LogP contribution in [0.5, 0.6) is 0 Å². The summed E-state index contributed by atoms with van der Waals surface area (Å²) in [5.41, 5.74) is 1.06. The van der Waals surface area contributed by atoms with Crippen LogP contribution < -0.4 is 15.9 Å². The Hall–Kier alpha value is -1.36. The fraction of sp³-hybridized carbons (Fsp3) is 0.333. The lowest BCUT2D eigenvalue weighted by molar-refractivity contribution is -0.0704. The molecule has 0 amide bonds. The summed E-state index contributed by atoms with van der Waals surface area (Å²) in [5.74, 6) is -0.290. The van der Waals surface area contributed by atoms with E-state index in [-0.39, 0.29) is 29.9 Å². The smallest absolute Gasteiger partial charge is 0.157 e. The average molecular weight is 566 g/mol. The van der Waals surface area contributed by atoms with Crippen molar-refractivity contribution in [3.8, 4) is 0 Å². The minimum Gasteiger partial charge on any atom is -0.375 e. The predicted molar refractivity (Wildman–Crippen MR) is 142 cm³/mol. The number of benzene rings is 3. The average Bonchev–Trinajstić information content (AvgIpc) is 2.82. The minimum absolute atomic E-state index is 0. The number of halogens is 3. The van der Waals surface area contributed by atoms with Gasteiger partial charge in [-0.2, -0.15) is 0 Å². The highest BCUT2D eigenvalue weighted by atomic mass is 127. The zero-order valence-electron chi connectivity index (χ0n) is 18.2. The van der Waals surface area contributed by atoms with Gasteiger partial charge >= 0.3 is 0 Å². The Morgan fingerprint density at radius 1 is 0.750 bits per heavy atom. The highest BCUT2D eigenvalue weighted by Gasteiger charge is 2.40. The van der Waals surface area contributed by atoms with E-state index in [9.17, 15) is 8.78 Å². The van der Waals surface area contributed by atoms with Crippen molar-refractivity contribution >= 4 is 47.8 Å². The van der Waals surface area contributed by atoms with Gasteiger partial charge in [0.2, 0.25) is 0 Å². The molecular formula is C27H30F2IOP. The van der Waals surface area contributed by atoms with Crippen LogP contribution in [0.3, 0.4) is 0 Å². The maximum atomic E-state index is 14.7. The summed E-state index contributed by atoms with van der Waals surface area (Å²) in [4.78, 5) is 0. The van der Waals surface area contributed by atoms with E-state index in [1.54, 1.807) is 0 Å². The van der Waals surface area contributed by atoms with Gasteiger partial charge < -0.3 is 4.74 Å². The second-order valence-electron chi connectivity index (χ2n) is 8.10. The lowest BCUT2D eigenvalue weighted by atomic mass is 9.81. The van der Waals surface area contributed by atoms with Gasteiger partial charge in [0.15, 0.2) is 6.17 Å². The van der Waals surface area contributed by atoms with Crippen LogP contribution in [0.4, 0.5) is 8.78 Å². The van der Waals surface area contributed by atoms with Crippen molar-refractivity contribution < 1.29 is 13.5 Å². The van der Waals surface area contributed by atoms with Crippen LogP contribution in [0, 0.1) is 5.92 Å². The molecule has 0 heterocycles. The van der Waals surface area contributed by atoms with E-state index in [2.05, 4.69) is 72.8 Å². The van der Waals surface area contributed by atoms with Gasteiger partial charge in [-0.1, -0.05) is 84.9 Å². The van der Waals surface area contributed by atoms with Crippen molar-refractivity contribution in [3.63, 3.8) is 0 Å². The molecule has 5 heteroatoms. The highest BCUT2D eigenvalue weighted by molar-refractivity contribution is 14.0. The van der Waals surface area contributed by atoms with Gasteiger partial charge in [-0.25, -0.2) is 8.78 Å². The number of ether oxygens (including phenoxy) is 1. The summed E-state index contributed by atoms with van der Waals surface area (Å²) >= 11 is 0. The first-order chi connectivity index (χ1) is 15.2. The first-order valence-corrected chi connectivity index (χ1v) is 12.4. The number of rotatable bonds is 7. The lowest BCUT2D eigenvalue weighted by Crippen LogP contribution is -2.43. The van der Waals surface area contributed by atoms with E-state index in [0.717, 1.165) is 5.56 Å². The second-order valence-corrected chi connectivity index (χ2v) is 10.3. The van der Waals surface area contributed by atoms with E-state index in [1.807, 2.05) is 19.1 Å². The molecule has 0 bridgehead atoms. The van der Waals surface area contributed by atoms with Crippen molar-refractivity contribution in [1.82, 2.24) is 0 Å². The van der Waals surface area contributed by atoms with Crippen LogP contribution in [-0.2, 0) is 11.2 Å². The summed E-state index contributed by atoms with van der Waals surface area (Å²) in [5, 5.41) is 3.86. The molecule has 0 N–H and O–H groups in total. The molecule has 1 fully saturated rings. The molecule has 0 spiro atoms. The SMILES string of the molecule is CCOC1CC[C@@H](Cc2ccc(P(c3ccccc3)c3ccccc3)cc2)[C@H](F)C1F.I. The maximum absolute atomic E-state index is 14.7. The molecule has 4 atom stereocenters. The summed E-state index contributed by atoms with van der Waals surface area (Å²) in [6, 6.07) is 29.6. The molecule has 0 aliphatic heterocycles. The Bertz CT molecular complexity index is 899. The Morgan fingerprint density at radius 2 is 1.28 bits per heavy atom. The summed E-state index contributed by atoms with van der Waals surface area (Å²) in [7, 11) is -0.655. The van der Waals surface area contributed by atoms with Gasteiger partial charge in [0.1, 0.15) is 6.17 Å². The molecule has 32 heavy (non-hydrogen) atoms. The summed E-state index contributed by atoms with van der Waals surface area (Å²) in [6.45, 7) is 2.25. The molecule has 1 aliphatic carbocycles. The molecule has 2 unspecified atom stereocenters. The van der Waals surface area contributed by atoms with Crippen molar-refractivity contribution in [3.05, 3.63) is 90.5 Å². The Labute approximate surface area is 208 Å². The van der Waals surface area contributed by atoms with Gasteiger partial charge in [-0.05, 0) is 61.5 Å². The molecule has 1 nitrogen and oxygen atoms in total. The van der Waals surface area contributed by atoms with Crippen molar-refractivity contribution in [2.24, 2.45) is 5.92 Å². The molecular weight excluding hydrogens is 536 g/mol. The number of hydrogen-bond acceptors (Lipinski definition) is 1. The molecule has 1 aliphatic rings. The highest BCUT2D eigenvalue weighted by Crippen LogP contribution is 2.35. The van der Waals surface area contributed by atoms with Gasteiger partial charge in [-0.15, -0.1) is 24.0 Å². The Kier molecular flexibility index (Phi) is 9.63. The predicted octanol–water partition coefficient (Wildman–Crippen LogP) is 6.10. The molecule has 0 aromatic heterocycles. The molecule has 170 valence electrons. The normalized spacial score (nSPS) is 23.0. The molecule has 4 rings (SSSR count). The molecule has 0 saturated heterocycles. The van der Waals surface area contributed by atoms with E-state index < -0.39 is 26.4 Å². The van der Waals surface area contributed by atoms with E-state index in [1.165, 1.54) is 15.9 Å². The van der Waals surface area contributed by atoms with Crippen LogP contribution in [0.15, 0.2) is 84.9 Å². The van der Waals surface area contributed by atoms with Gasteiger partial charge in [0.25, 0.3) is 0 Å². The Morgan fingerprint density at radius 3 is 1.81 bits per heavy atom. The number of hydrogen-bond donors (Lipinski definition) is 0. The first-order valence-electron chi connectivity index (χ1n) is 11.1. The van der Waals surface area contributed by atoms with Crippen LogP contribution in [0.2, 0.25) is 0 Å². The fourth-order valence-electron chi connectivity index (χ4n) is 4.45. The lowest BCUT2D eigenvalue weighted by Gasteiger charge is -2.34. The van der Waals surface area contributed by atoms with E-state index in [0.29, 0.717) is 25.9 Å². The zero-order valence-corrected chi connectivity index (χ0v) is 21.5. The monoisotopic (exact) mass is 566 g/mol. The zero-order chi connectivity index (χ0) is 21.6. The molecule has 0 radical (unpaired) electrons. The van der Waals surface area contributed by atoms with Crippen LogP contribution in [0.25, 0.3) is 0 Å². The van der Waals surface area contributed by atoms with Crippen LogP contribution >= 0.6 is 31.9 Å². The third-order valence-electron chi connectivity index (χ3n) is 6.03. The standard InChI is InChI=1S/C27H29F2OP.HI/c1-2-30-25-18-15-21(26(28)27(25)29)19-20-13-16-24(17-14-20)31(22-9-5-3-6-10-22)23-11-7-4-8-12-23;/h3-14,16-17,21,25-27H,2,15,18-19H2,1H3;1H/t21-,25?,26-,27?;/m0./s1. The van der Waals surface area contributed by atoms with Gasteiger partial charge in [-0.3, -0.25) is 0 Å². The third-order valence-corrected chi connectivity index (χ3v) is 8.48. The van der Waals surface area contributed by atoms with Crippen LogP contribution in [-0.4, -0.2) is 25.1 Å². The minimum atomic E-state index is -1.53. The molecule has 1 saturated carbocycles. The quantitative estimate of drug-likeness (QED) is 0.248.